The van der Waals surface area contributed by atoms with Crippen molar-refractivity contribution in [1.29, 1.82) is 0 Å². The van der Waals surface area contributed by atoms with E-state index in [1.807, 2.05) is 61.7 Å². The molecule has 0 aliphatic rings. The number of hydrogen-bond acceptors (Lipinski definition) is 5. The summed E-state index contributed by atoms with van der Waals surface area (Å²) >= 11 is 6.52. The minimum absolute atomic E-state index is 0.573. The fourth-order valence-electron chi connectivity index (χ4n) is 3.43. The molecule has 5 aromatic rings. The molecular weight excluding hydrogens is 408 g/mol. The van der Waals surface area contributed by atoms with Crippen molar-refractivity contribution in [2.45, 2.75) is 13.5 Å². The van der Waals surface area contributed by atoms with Crippen LogP contribution in [0, 0.1) is 6.92 Å². The van der Waals surface area contributed by atoms with E-state index in [1.165, 1.54) is 5.56 Å². The van der Waals surface area contributed by atoms with Gasteiger partial charge in [0.2, 0.25) is 0 Å². The fraction of sp³-hybridized carbons (Fsp3) is 0.0833. The number of fused-ring (bicyclic) bond motifs is 1. The molecule has 3 aromatic heterocycles. The van der Waals surface area contributed by atoms with E-state index < -0.39 is 0 Å². The van der Waals surface area contributed by atoms with Gasteiger partial charge in [0.1, 0.15) is 11.5 Å². The Balaban J connectivity index is 1.58. The number of hydrogen-bond donors (Lipinski definition) is 1. The second-order valence-corrected chi connectivity index (χ2v) is 7.61. The normalized spacial score (nSPS) is 11.0. The van der Waals surface area contributed by atoms with E-state index in [0.717, 1.165) is 22.2 Å². The van der Waals surface area contributed by atoms with Crippen molar-refractivity contribution < 1.29 is 0 Å². The number of aryl methyl sites for hydroxylation is 1. The second kappa shape index (κ2) is 8.16. The van der Waals surface area contributed by atoms with E-state index in [0.29, 0.717) is 28.9 Å². The molecule has 6 nitrogen and oxygen atoms in total. The largest absolute Gasteiger partial charge is 0.365 e. The summed E-state index contributed by atoms with van der Waals surface area (Å²) in [7, 11) is 0. The lowest BCUT2D eigenvalue weighted by atomic mass is 10.1. The third-order valence-corrected chi connectivity index (χ3v) is 5.23. The lowest BCUT2D eigenvalue weighted by Gasteiger charge is -2.13. The Kier molecular flexibility index (Phi) is 5.06. The van der Waals surface area contributed by atoms with Crippen LogP contribution >= 0.6 is 11.6 Å². The molecule has 0 saturated heterocycles. The van der Waals surface area contributed by atoms with Crippen LogP contribution in [-0.2, 0) is 6.54 Å². The molecule has 1 N–H and O–H groups in total. The number of nitrogens with zero attached hydrogens (tertiary/aromatic N) is 5. The molecule has 5 rings (SSSR count). The monoisotopic (exact) mass is 426 g/mol. The van der Waals surface area contributed by atoms with Crippen LogP contribution in [0.25, 0.3) is 28.0 Å². The molecule has 0 aliphatic carbocycles. The van der Waals surface area contributed by atoms with Gasteiger partial charge in [-0.25, -0.2) is 14.6 Å². The molecule has 0 saturated carbocycles. The maximum atomic E-state index is 6.52. The van der Waals surface area contributed by atoms with Gasteiger partial charge in [-0.1, -0.05) is 48.0 Å². The molecule has 7 heteroatoms. The van der Waals surface area contributed by atoms with Crippen LogP contribution in [0.2, 0.25) is 5.02 Å². The first-order valence-corrected chi connectivity index (χ1v) is 10.3. The SMILES string of the molecule is Cc1ccn(-c2nc(NCc3ccccc3)cnc2-c2cc(Cl)c3ncccc3c2)n1. The number of anilines is 1. The fourth-order valence-corrected chi connectivity index (χ4v) is 3.71. The first kappa shape index (κ1) is 19.2. The maximum absolute atomic E-state index is 6.52. The van der Waals surface area contributed by atoms with Crippen LogP contribution in [0.3, 0.4) is 0 Å². The second-order valence-electron chi connectivity index (χ2n) is 7.20. The summed E-state index contributed by atoms with van der Waals surface area (Å²) in [6.07, 6.45) is 5.35. The summed E-state index contributed by atoms with van der Waals surface area (Å²) in [5.74, 6) is 1.30. The van der Waals surface area contributed by atoms with E-state index in [9.17, 15) is 0 Å². The number of pyridine rings is 1. The molecule has 0 fully saturated rings. The summed E-state index contributed by atoms with van der Waals surface area (Å²) < 4.78 is 1.74. The van der Waals surface area contributed by atoms with Gasteiger partial charge in [-0.3, -0.25) is 4.98 Å². The lowest BCUT2D eigenvalue weighted by Crippen LogP contribution is -2.08. The van der Waals surface area contributed by atoms with Gasteiger partial charge in [-0.15, -0.1) is 0 Å². The van der Waals surface area contributed by atoms with Crippen molar-refractivity contribution in [3.05, 3.63) is 95.5 Å². The lowest BCUT2D eigenvalue weighted by molar-refractivity contribution is 0.827. The third-order valence-electron chi connectivity index (χ3n) is 4.94. The van der Waals surface area contributed by atoms with Gasteiger partial charge in [0, 0.05) is 29.9 Å². The first-order chi connectivity index (χ1) is 15.2. The van der Waals surface area contributed by atoms with Gasteiger partial charge in [-0.2, -0.15) is 5.10 Å². The van der Waals surface area contributed by atoms with Crippen LogP contribution in [-0.4, -0.2) is 24.7 Å². The molecular formula is C24H19ClN6. The highest BCUT2D eigenvalue weighted by Gasteiger charge is 2.15. The Morgan fingerprint density at radius 2 is 1.87 bits per heavy atom. The molecule has 0 spiro atoms. The van der Waals surface area contributed by atoms with Crippen molar-refractivity contribution in [3.8, 4) is 17.1 Å². The minimum Gasteiger partial charge on any atom is -0.365 e. The summed E-state index contributed by atoms with van der Waals surface area (Å²) in [4.78, 5) is 13.9. The molecule has 152 valence electrons. The Hall–Kier alpha value is -3.77. The van der Waals surface area contributed by atoms with Crippen LogP contribution < -0.4 is 5.32 Å². The summed E-state index contributed by atoms with van der Waals surface area (Å²) in [6, 6.07) is 19.9. The average Bonchev–Trinajstić information content (AvgIpc) is 3.24. The molecule has 0 atom stereocenters. The standard InChI is InChI=1S/C24H19ClN6/c1-16-9-11-31(30-16)24-23(19-12-18-8-5-10-26-22(18)20(25)13-19)28-15-21(29-24)27-14-17-6-3-2-4-7-17/h2-13,15H,14H2,1H3,(H,27,29). The van der Waals surface area contributed by atoms with Gasteiger partial charge in [0.25, 0.3) is 0 Å². The van der Waals surface area contributed by atoms with Crippen molar-refractivity contribution in [2.75, 3.05) is 5.32 Å². The predicted molar refractivity (Wildman–Crippen MR) is 123 cm³/mol. The third kappa shape index (κ3) is 3.98. The number of benzene rings is 2. The van der Waals surface area contributed by atoms with Gasteiger partial charge >= 0.3 is 0 Å². The zero-order chi connectivity index (χ0) is 21.2. The molecule has 0 unspecified atom stereocenters. The molecule has 0 bridgehead atoms. The molecule has 0 radical (unpaired) electrons. The van der Waals surface area contributed by atoms with Crippen LogP contribution in [0.15, 0.2) is 79.3 Å². The minimum atomic E-state index is 0.573. The van der Waals surface area contributed by atoms with Crippen LogP contribution in [0.5, 0.6) is 0 Å². The highest BCUT2D eigenvalue weighted by atomic mass is 35.5. The van der Waals surface area contributed by atoms with Crippen molar-refractivity contribution >= 4 is 28.3 Å². The molecule has 0 aliphatic heterocycles. The Labute approximate surface area is 184 Å². The highest BCUT2D eigenvalue weighted by Crippen LogP contribution is 2.31. The topological polar surface area (TPSA) is 68.5 Å². The summed E-state index contributed by atoms with van der Waals surface area (Å²) in [5.41, 5.74) is 4.38. The zero-order valence-electron chi connectivity index (χ0n) is 16.8. The molecule has 2 aromatic carbocycles. The number of rotatable bonds is 5. The van der Waals surface area contributed by atoms with Gasteiger partial charge in [0.05, 0.1) is 22.4 Å². The van der Waals surface area contributed by atoms with Crippen molar-refractivity contribution in [2.24, 2.45) is 0 Å². The molecule has 31 heavy (non-hydrogen) atoms. The smallest absolute Gasteiger partial charge is 0.182 e. The number of aromatic nitrogens is 5. The van der Waals surface area contributed by atoms with Crippen LogP contribution in [0.1, 0.15) is 11.3 Å². The predicted octanol–water partition coefficient (Wildman–Crippen LogP) is 5.45. The Morgan fingerprint density at radius 1 is 1.00 bits per heavy atom. The summed E-state index contributed by atoms with van der Waals surface area (Å²) in [5, 5.41) is 9.42. The average molecular weight is 427 g/mol. The van der Waals surface area contributed by atoms with Gasteiger partial charge in [0.15, 0.2) is 5.82 Å². The van der Waals surface area contributed by atoms with E-state index in [2.05, 4.69) is 27.5 Å². The zero-order valence-corrected chi connectivity index (χ0v) is 17.6. The van der Waals surface area contributed by atoms with E-state index in [4.69, 9.17) is 21.6 Å². The van der Waals surface area contributed by atoms with Gasteiger partial charge in [-0.05, 0) is 36.8 Å². The van der Waals surface area contributed by atoms with Crippen molar-refractivity contribution in [3.63, 3.8) is 0 Å². The quantitative estimate of drug-likeness (QED) is 0.404. The first-order valence-electron chi connectivity index (χ1n) is 9.89. The Morgan fingerprint density at radius 3 is 2.68 bits per heavy atom. The molecule has 0 amide bonds. The van der Waals surface area contributed by atoms with Crippen molar-refractivity contribution in [1.82, 2.24) is 24.7 Å². The van der Waals surface area contributed by atoms with Gasteiger partial charge < -0.3 is 5.32 Å². The van der Waals surface area contributed by atoms with E-state index in [1.54, 1.807) is 17.1 Å². The summed E-state index contributed by atoms with van der Waals surface area (Å²) in [6.45, 7) is 2.60. The Bertz CT molecular complexity index is 1360. The highest BCUT2D eigenvalue weighted by molar-refractivity contribution is 6.35. The number of nitrogens with one attached hydrogen (secondary N) is 1. The van der Waals surface area contributed by atoms with Crippen LogP contribution in [0.4, 0.5) is 5.82 Å². The number of halogens is 1. The van der Waals surface area contributed by atoms with E-state index >= 15 is 0 Å². The van der Waals surface area contributed by atoms with E-state index in [-0.39, 0.29) is 0 Å². The maximum Gasteiger partial charge on any atom is 0.182 e. The molecule has 3 heterocycles.